The number of amides is 2. The van der Waals surface area contributed by atoms with Crippen LogP contribution in [0.5, 0.6) is 11.5 Å². The second-order valence-electron chi connectivity index (χ2n) is 8.23. The van der Waals surface area contributed by atoms with E-state index in [1.165, 1.54) is 62.8 Å². The van der Waals surface area contributed by atoms with Crippen LogP contribution in [0.1, 0.15) is 26.7 Å². The summed E-state index contributed by atoms with van der Waals surface area (Å²) in [4.78, 5) is 25.5. The van der Waals surface area contributed by atoms with E-state index in [1.807, 2.05) is 0 Å². The lowest BCUT2D eigenvalue weighted by Gasteiger charge is -2.33. The smallest absolute Gasteiger partial charge is 0.409 e. The Bertz CT molecular complexity index is 1010. The molecule has 0 saturated carbocycles. The van der Waals surface area contributed by atoms with Crippen molar-refractivity contribution < 1.29 is 45.4 Å². The molecule has 6 nitrogen and oxygen atoms in total. The van der Waals surface area contributed by atoms with Crippen LogP contribution in [0.4, 0.5) is 37.7 Å². The predicted octanol–water partition coefficient (Wildman–Crippen LogP) is 6.31. The summed E-state index contributed by atoms with van der Waals surface area (Å²) in [6, 6.07) is 6.00. The molecular weight excluding hydrogens is 518 g/mol. The van der Waals surface area contributed by atoms with Crippen LogP contribution in [0.3, 0.4) is 0 Å². The number of hydrogen-bond donors (Lipinski definition) is 0. The van der Waals surface area contributed by atoms with Crippen LogP contribution in [0.2, 0.25) is 0 Å². The molecule has 0 spiro atoms. The zero-order chi connectivity index (χ0) is 28.7. The molecule has 0 fully saturated rings. The fraction of sp³-hybridized carbons (Fsp3) is 0.385. The van der Waals surface area contributed by atoms with Crippen molar-refractivity contribution in [1.82, 2.24) is 0 Å². The molecule has 0 heterocycles. The maximum Gasteiger partial charge on any atom is 0.409 e. The van der Waals surface area contributed by atoms with Gasteiger partial charge in [0, 0.05) is 25.2 Å². The molecule has 0 aliphatic rings. The Morgan fingerprint density at radius 2 is 0.974 bits per heavy atom. The molecule has 0 unspecified atom stereocenters. The summed E-state index contributed by atoms with van der Waals surface area (Å²) in [5, 5.41) is 0. The number of anilines is 2. The van der Waals surface area contributed by atoms with Gasteiger partial charge in [-0.3, -0.25) is 9.59 Å². The van der Waals surface area contributed by atoms with Gasteiger partial charge in [0.1, 0.15) is 23.6 Å². The Hall–Kier alpha value is -3.70. The van der Waals surface area contributed by atoms with Crippen LogP contribution in [0.25, 0.3) is 0 Å². The van der Waals surface area contributed by atoms with Crippen molar-refractivity contribution in [2.75, 3.05) is 24.0 Å². The van der Waals surface area contributed by atoms with Crippen LogP contribution in [0.15, 0.2) is 60.7 Å². The van der Waals surface area contributed by atoms with E-state index in [-0.39, 0.29) is 11.4 Å². The van der Waals surface area contributed by atoms with Crippen LogP contribution < -0.4 is 19.3 Å². The summed E-state index contributed by atoms with van der Waals surface area (Å²) in [6.45, 7) is 1.93. The van der Waals surface area contributed by atoms with E-state index in [0.29, 0.717) is 21.3 Å². The van der Waals surface area contributed by atoms with Crippen molar-refractivity contribution >= 4 is 23.2 Å². The highest BCUT2D eigenvalue weighted by Crippen LogP contribution is 2.34. The number of ether oxygens (including phenoxy) is 2. The molecule has 38 heavy (non-hydrogen) atoms. The lowest BCUT2D eigenvalue weighted by molar-refractivity contribution is -0.153. The molecule has 12 heteroatoms. The summed E-state index contributed by atoms with van der Waals surface area (Å²) < 4.78 is 93.7. The van der Waals surface area contributed by atoms with Crippen LogP contribution in [0, 0.1) is 0 Å². The maximum atomic E-state index is 14.0. The molecular formula is C26H28F6N2O4. The van der Waals surface area contributed by atoms with E-state index in [1.54, 1.807) is 0 Å². The molecule has 0 aromatic heterocycles. The zero-order valence-electron chi connectivity index (χ0n) is 21.1. The molecule has 2 rings (SSSR count). The standard InChI is InChI=1S/C26H28F6N2O4/c1-17(35)33(19-9-13-21(37-3)14-10-19)23(25(27,28)29)7-5-6-8-24(26(30,31)32)34(18(2)36)20-11-15-22(38-4)16-12-20/h5-6,9-16,23-24H,7-8H2,1-4H3/b6-5+/t23-,24-/m0/s1. The Labute approximate surface area is 216 Å². The number of methoxy groups -OCH3 is 2. The van der Waals surface area contributed by atoms with Crippen LogP contribution in [-0.4, -0.2) is 50.5 Å². The molecule has 0 radical (unpaired) electrons. The van der Waals surface area contributed by atoms with E-state index >= 15 is 0 Å². The fourth-order valence-corrected chi connectivity index (χ4v) is 3.87. The van der Waals surface area contributed by atoms with Crippen molar-refractivity contribution in [3.05, 3.63) is 60.7 Å². The monoisotopic (exact) mass is 546 g/mol. The van der Waals surface area contributed by atoms with Crippen molar-refractivity contribution in [2.24, 2.45) is 0 Å². The summed E-state index contributed by atoms with van der Waals surface area (Å²) in [5.41, 5.74) is -0.103. The Morgan fingerprint density at radius 3 is 1.18 bits per heavy atom. The minimum atomic E-state index is -4.88. The number of carbonyl (C=O) groups is 2. The quantitative estimate of drug-likeness (QED) is 0.259. The number of nitrogens with zero attached hydrogens (tertiary/aromatic N) is 2. The minimum Gasteiger partial charge on any atom is -0.497 e. The highest BCUT2D eigenvalue weighted by molar-refractivity contribution is 5.93. The number of benzene rings is 2. The summed E-state index contributed by atoms with van der Waals surface area (Å²) in [7, 11) is 2.74. The minimum absolute atomic E-state index is 0.0514. The number of alkyl halides is 6. The van der Waals surface area contributed by atoms with Gasteiger partial charge in [0.15, 0.2) is 0 Å². The van der Waals surface area contributed by atoms with Crippen LogP contribution in [-0.2, 0) is 9.59 Å². The van der Waals surface area contributed by atoms with Crippen molar-refractivity contribution in [3.63, 3.8) is 0 Å². The van der Waals surface area contributed by atoms with Gasteiger partial charge in [-0.2, -0.15) is 26.3 Å². The average Bonchev–Trinajstić information content (AvgIpc) is 2.83. The fourth-order valence-electron chi connectivity index (χ4n) is 3.87. The van der Waals surface area contributed by atoms with Crippen LogP contribution >= 0.6 is 0 Å². The molecule has 2 aromatic rings. The largest absolute Gasteiger partial charge is 0.497 e. The van der Waals surface area contributed by atoms with E-state index in [9.17, 15) is 35.9 Å². The average molecular weight is 547 g/mol. The lowest BCUT2D eigenvalue weighted by Crippen LogP contribution is -2.48. The molecule has 2 atom stereocenters. The Balaban J connectivity index is 2.33. The number of rotatable bonds is 10. The van der Waals surface area contributed by atoms with Crippen molar-refractivity contribution in [1.29, 1.82) is 0 Å². The van der Waals surface area contributed by atoms with Crippen molar-refractivity contribution in [2.45, 2.75) is 51.1 Å². The first kappa shape index (κ1) is 30.5. The first-order valence-corrected chi connectivity index (χ1v) is 11.4. The van der Waals surface area contributed by atoms with Gasteiger partial charge in [0.2, 0.25) is 11.8 Å². The molecule has 0 aliphatic carbocycles. The lowest BCUT2D eigenvalue weighted by atomic mass is 10.1. The van der Waals surface area contributed by atoms with Gasteiger partial charge >= 0.3 is 12.4 Å². The molecule has 0 bridgehead atoms. The number of halogens is 6. The van der Waals surface area contributed by atoms with Gasteiger partial charge in [-0.05, 0) is 61.4 Å². The normalized spacial score (nSPS) is 13.6. The SMILES string of the molecule is COc1ccc(N(C(C)=O)[C@@H](C/C=C/C[C@H](N(C(C)=O)c2ccc(OC)cc2)C(F)(F)F)C(F)(F)F)cc1. The second-order valence-corrected chi connectivity index (χ2v) is 8.23. The Morgan fingerprint density at radius 1 is 0.684 bits per heavy atom. The number of carbonyl (C=O) groups excluding carboxylic acids is 2. The summed E-state index contributed by atoms with van der Waals surface area (Å²) in [6.07, 6.45) is -9.50. The molecule has 208 valence electrons. The van der Waals surface area contributed by atoms with Gasteiger partial charge in [-0.15, -0.1) is 0 Å². The maximum absolute atomic E-state index is 14.0. The van der Waals surface area contributed by atoms with E-state index in [0.717, 1.165) is 26.0 Å². The second kappa shape index (κ2) is 12.7. The Kier molecular flexibility index (Phi) is 10.2. The third kappa shape index (κ3) is 7.90. The predicted molar refractivity (Wildman–Crippen MR) is 130 cm³/mol. The molecule has 0 aliphatic heterocycles. The third-order valence-corrected chi connectivity index (χ3v) is 5.64. The van der Waals surface area contributed by atoms with Crippen molar-refractivity contribution in [3.8, 4) is 11.5 Å². The molecule has 2 amide bonds. The van der Waals surface area contributed by atoms with Gasteiger partial charge < -0.3 is 19.3 Å². The van der Waals surface area contributed by atoms with Gasteiger partial charge in [-0.1, -0.05) is 12.2 Å². The zero-order valence-corrected chi connectivity index (χ0v) is 21.1. The molecule has 2 aromatic carbocycles. The van der Waals surface area contributed by atoms with E-state index < -0.39 is 49.1 Å². The highest BCUT2D eigenvalue weighted by Gasteiger charge is 2.46. The number of hydrogen-bond acceptors (Lipinski definition) is 4. The highest BCUT2D eigenvalue weighted by atomic mass is 19.4. The first-order valence-electron chi connectivity index (χ1n) is 11.4. The van der Waals surface area contributed by atoms with Gasteiger partial charge in [-0.25, -0.2) is 0 Å². The summed E-state index contributed by atoms with van der Waals surface area (Å²) in [5.74, 6) is -1.07. The van der Waals surface area contributed by atoms with Gasteiger partial charge in [0.05, 0.1) is 14.2 Å². The summed E-state index contributed by atoms with van der Waals surface area (Å²) >= 11 is 0. The first-order chi connectivity index (χ1) is 17.7. The third-order valence-electron chi connectivity index (χ3n) is 5.64. The molecule has 0 saturated heterocycles. The van der Waals surface area contributed by atoms with E-state index in [2.05, 4.69) is 0 Å². The topological polar surface area (TPSA) is 59.1 Å². The molecule has 0 N–H and O–H groups in total. The van der Waals surface area contributed by atoms with Gasteiger partial charge in [0.25, 0.3) is 0 Å². The van der Waals surface area contributed by atoms with E-state index in [4.69, 9.17) is 9.47 Å².